The summed E-state index contributed by atoms with van der Waals surface area (Å²) in [5.74, 6) is -0.0279. The van der Waals surface area contributed by atoms with E-state index in [1.165, 1.54) is 4.90 Å². The Balaban J connectivity index is 4.95. The van der Waals surface area contributed by atoms with E-state index in [1.807, 2.05) is 0 Å². The van der Waals surface area contributed by atoms with Gasteiger partial charge in [0.05, 0.1) is 5.75 Å². The van der Waals surface area contributed by atoms with Gasteiger partial charge < -0.3 is 10.0 Å². The number of carbonyl (C=O) groups is 1. The molecule has 0 aliphatic carbocycles. The van der Waals surface area contributed by atoms with Gasteiger partial charge in [-0.3, -0.25) is 0 Å². The Hall–Kier alpha value is -0.780. The van der Waals surface area contributed by atoms with Gasteiger partial charge in [-0.05, 0) is 26.2 Å². The SMILES string of the molecule is CC(C)(CN(C(=O)O)C(C)(C)C)CS(C)(=O)=O. The molecule has 0 unspecified atom stereocenters. The lowest BCUT2D eigenvalue weighted by atomic mass is 9.93. The van der Waals surface area contributed by atoms with Gasteiger partial charge in [-0.25, -0.2) is 13.2 Å². The average molecular weight is 265 g/mol. The highest BCUT2D eigenvalue weighted by atomic mass is 32.2. The van der Waals surface area contributed by atoms with Crippen LogP contribution in [0.3, 0.4) is 0 Å². The minimum Gasteiger partial charge on any atom is -0.465 e. The number of hydrogen-bond donors (Lipinski definition) is 1. The third kappa shape index (κ3) is 6.51. The maximum Gasteiger partial charge on any atom is 0.407 e. The minimum absolute atomic E-state index is 0.0279. The van der Waals surface area contributed by atoms with E-state index in [-0.39, 0.29) is 12.3 Å². The van der Waals surface area contributed by atoms with Crippen molar-refractivity contribution in [2.75, 3.05) is 18.6 Å². The molecule has 0 aliphatic heterocycles. The summed E-state index contributed by atoms with van der Waals surface area (Å²) in [6, 6.07) is 0. The van der Waals surface area contributed by atoms with Gasteiger partial charge in [-0.1, -0.05) is 13.8 Å². The molecular formula is C11H23NO4S. The lowest BCUT2D eigenvalue weighted by molar-refractivity contribution is 0.0774. The Morgan fingerprint density at radius 3 is 1.82 bits per heavy atom. The Morgan fingerprint density at radius 1 is 1.18 bits per heavy atom. The molecule has 0 atom stereocenters. The molecule has 102 valence electrons. The molecule has 5 nitrogen and oxygen atoms in total. The Labute approximate surface area is 104 Å². The number of carboxylic acid groups (broad SMARTS) is 1. The number of sulfone groups is 1. The summed E-state index contributed by atoms with van der Waals surface area (Å²) < 4.78 is 22.6. The van der Waals surface area contributed by atoms with Gasteiger partial charge in [-0.15, -0.1) is 0 Å². The summed E-state index contributed by atoms with van der Waals surface area (Å²) in [5.41, 5.74) is -1.14. The predicted octanol–water partition coefficient (Wildman–Crippen LogP) is 1.84. The zero-order chi connectivity index (χ0) is 14.1. The van der Waals surface area contributed by atoms with Crippen molar-refractivity contribution in [2.45, 2.75) is 40.2 Å². The zero-order valence-electron chi connectivity index (χ0n) is 11.4. The summed E-state index contributed by atoms with van der Waals surface area (Å²) in [4.78, 5) is 12.4. The number of rotatable bonds is 4. The van der Waals surface area contributed by atoms with Gasteiger partial charge in [-0.2, -0.15) is 0 Å². The Bertz CT molecular complexity index is 379. The van der Waals surface area contributed by atoms with Crippen molar-refractivity contribution < 1.29 is 18.3 Å². The van der Waals surface area contributed by atoms with Crippen molar-refractivity contribution >= 4 is 15.9 Å². The van der Waals surface area contributed by atoms with E-state index in [1.54, 1.807) is 34.6 Å². The summed E-state index contributed by atoms with van der Waals surface area (Å²) in [5, 5.41) is 9.15. The quantitative estimate of drug-likeness (QED) is 0.841. The number of amides is 1. The van der Waals surface area contributed by atoms with E-state index in [2.05, 4.69) is 0 Å². The summed E-state index contributed by atoms with van der Waals surface area (Å²) in [6.07, 6.45) is 0.135. The van der Waals surface area contributed by atoms with Crippen molar-refractivity contribution in [1.82, 2.24) is 4.90 Å². The molecule has 1 amide bonds. The highest BCUT2D eigenvalue weighted by molar-refractivity contribution is 7.90. The first-order valence-corrected chi connectivity index (χ1v) is 7.49. The van der Waals surface area contributed by atoms with Crippen LogP contribution in [-0.4, -0.2) is 48.6 Å². The van der Waals surface area contributed by atoms with E-state index < -0.39 is 26.9 Å². The van der Waals surface area contributed by atoms with Gasteiger partial charge in [0.1, 0.15) is 9.84 Å². The number of nitrogens with zero attached hydrogens (tertiary/aromatic N) is 1. The van der Waals surface area contributed by atoms with Crippen LogP contribution in [0, 0.1) is 5.41 Å². The van der Waals surface area contributed by atoms with Crippen LogP contribution in [0.25, 0.3) is 0 Å². The molecule has 0 saturated carbocycles. The van der Waals surface area contributed by atoms with Crippen LogP contribution in [0.5, 0.6) is 0 Å². The van der Waals surface area contributed by atoms with E-state index >= 15 is 0 Å². The molecule has 0 radical (unpaired) electrons. The van der Waals surface area contributed by atoms with Crippen molar-refractivity contribution in [3.63, 3.8) is 0 Å². The molecule has 0 spiro atoms. The summed E-state index contributed by atoms with van der Waals surface area (Å²) in [7, 11) is -3.12. The van der Waals surface area contributed by atoms with Crippen LogP contribution in [0.1, 0.15) is 34.6 Å². The lowest BCUT2D eigenvalue weighted by Crippen LogP contribution is -2.50. The second-order valence-corrected chi connectivity index (χ2v) is 8.41. The van der Waals surface area contributed by atoms with Crippen LogP contribution >= 0.6 is 0 Å². The first-order chi connectivity index (χ1) is 7.25. The normalized spacial score (nSPS) is 13.5. The Morgan fingerprint density at radius 2 is 1.59 bits per heavy atom. The number of hydrogen-bond acceptors (Lipinski definition) is 3. The van der Waals surface area contributed by atoms with Crippen molar-refractivity contribution in [3.05, 3.63) is 0 Å². The Kier molecular flexibility index (Phi) is 4.62. The average Bonchev–Trinajstić information content (AvgIpc) is 1.92. The van der Waals surface area contributed by atoms with Gasteiger partial charge in [0, 0.05) is 18.3 Å². The van der Waals surface area contributed by atoms with Gasteiger partial charge in [0.2, 0.25) is 0 Å². The summed E-state index contributed by atoms with van der Waals surface area (Å²) in [6.45, 7) is 9.08. The maximum absolute atomic E-state index is 11.3. The molecular weight excluding hydrogens is 242 g/mol. The van der Waals surface area contributed by atoms with E-state index in [4.69, 9.17) is 5.11 Å². The highest BCUT2D eigenvalue weighted by Gasteiger charge is 2.33. The minimum atomic E-state index is -3.12. The van der Waals surface area contributed by atoms with Crippen LogP contribution < -0.4 is 0 Å². The van der Waals surface area contributed by atoms with E-state index in [0.717, 1.165) is 6.26 Å². The van der Waals surface area contributed by atoms with E-state index in [9.17, 15) is 13.2 Å². The molecule has 0 fully saturated rings. The topological polar surface area (TPSA) is 74.7 Å². The second-order valence-electron chi connectivity index (χ2n) is 6.27. The molecule has 0 saturated heterocycles. The molecule has 0 aromatic heterocycles. The fourth-order valence-corrected chi connectivity index (χ4v) is 3.29. The van der Waals surface area contributed by atoms with Gasteiger partial charge >= 0.3 is 6.09 Å². The van der Waals surface area contributed by atoms with Crippen LogP contribution in [0.15, 0.2) is 0 Å². The third-order valence-corrected chi connectivity index (χ3v) is 3.59. The molecule has 1 N–H and O–H groups in total. The molecule has 17 heavy (non-hydrogen) atoms. The van der Waals surface area contributed by atoms with Crippen LogP contribution in [-0.2, 0) is 9.84 Å². The second kappa shape index (κ2) is 4.84. The highest BCUT2D eigenvalue weighted by Crippen LogP contribution is 2.24. The standard InChI is InChI=1S/C11H23NO4S/c1-10(2,3)12(9(13)14)7-11(4,5)8-17(6,15)16/h7-8H2,1-6H3,(H,13,14). The molecule has 0 heterocycles. The maximum atomic E-state index is 11.3. The first kappa shape index (κ1) is 16.2. The molecule has 0 aromatic rings. The molecule has 0 bridgehead atoms. The summed E-state index contributed by atoms with van der Waals surface area (Å²) >= 11 is 0. The lowest BCUT2D eigenvalue weighted by Gasteiger charge is -2.38. The fourth-order valence-electron chi connectivity index (χ4n) is 1.78. The van der Waals surface area contributed by atoms with Crippen molar-refractivity contribution in [1.29, 1.82) is 0 Å². The molecule has 0 rings (SSSR count). The van der Waals surface area contributed by atoms with Crippen LogP contribution in [0.4, 0.5) is 4.79 Å². The van der Waals surface area contributed by atoms with Crippen molar-refractivity contribution in [2.24, 2.45) is 5.41 Å². The predicted molar refractivity (Wildman–Crippen MR) is 68.0 cm³/mol. The molecule has 6 heteroatoms. The van der Waals surface area contributed by atoms with Gasteiger partial charge in [0.25, 0.3) is 0 Å². The van der Waals surface area contributed by atoms with Crippen molar-refractivity contribution in [3.8, 4) is 0 Å². The monoisotopic (exact) mass is 265 g/mol. The third-order valence-electron chi connectivity index (χ3n) is 2.28. The fraction of sp³-hybridized carbons (Fsp3) is 0.909. The van der Waals surface area contributed by atoms with Crippen LogP contribution in [0.2, 0.25) is 0 Å². The molecule has 0 aliphatic rings. The smallest absolute Gasteiger partial charge is 0.407 e. The van der Waals surface area contributed by atoms with Gasteiger partial charge in [0.15, 0.2) is 0 Å². The first-order valence-electron chi connectivity index (χ1n) is 5.43. The molecule has 0 aromatic carbocycles. The largest absolute Gasteiger partial charge is 0.465 e. The van der Waals surface area contributed by atoms with E-state index in [0.29, 0.717) is 0 Å². The zero-order valence-corrected chi connectivity index (χ0v) is 12.3.